The molecule has 228 valence electrons. The molecule has 8 nitrogen and oxygen atoms in total. The number of carbonyl (C=O) groups excluding carboxylic acids is 1. The molecule has 0 aromatic heterocycles. The Morgan fingerprint density at radius 3 is 2.05 bits per heavy atom. The zero-order valence-corrected chi connectivity index (χ0v) is 23.6. The van der Waals surface area contributed by atoms with Crippen molar-refractivity contribution >= 4 is 27.6 Å². The monoisotopic (exact) mass is 620 g/mol. The summed E-state index contributed by atoms with van der Waals surface area (Å²) >= 11 is 0. The average Bonchev–Trinajstić information content (AvgIpc) is 2.94. The molecule has 0 radical (unpaired) electrons. The van der Waals surface area contributed by atoms with Crippen molar-refractivity contribution in [1.29, 1.82) is 0 Å². The summed E-state index contributed by atoms with van der Waals surface area (Å²) in [5, 5.41) is 19.6. The van der Waals surface area contributed by atoms with E-state index in [-0.39, 0.29) is 31.3 Å². The number of hydrogen-bond donors (Lipinski definition) is 2. The van der Waals surface area contributed by atoms with E-state index in [0.717, 1.165) is 48.3 Å². The number of carbonyl (C=O) groups is 2. The Morgan fingerprint density at radius 2 is 1.51 bits per heavy atom. The van der Waals surface area contributed by atoms with E-state index in [0.29, 0.717) is 15.8 Å². The molecule has 3 aromatic carbocycles. The highest BCUT2D eigenvalue weighted by atomic mass is 32.2. The van der Waals surface area contributed by atoms with Gasteiger partial charge >= 0.3 is 5.97 Å². The minimum Gasteiger partial charge on any atom is -0.507 e. The van der Waals surface area contributed by atoms with E-state index in [4.69, 9.17) is 0 Å². The molecule has 43 heavy (non-hydrogen) atoms. The van der Waals surface area contributed by atoms with E-state index >= 15 is 0 Å². The lowest BCUT2D eigenvalue weighted by molar-refractivity contribution is -0.125. The lowest BCUT2D eigenvalue weighted by atomic mass is 9.84. The van der Waals surface area contributed by atoms with Crippen LogP contribution in [-0.2, 0) is 21.4 Å². The Kier molecular flexibility index (Phi) is 8.48. The fraction of sp³-hybridized carbons (Fsp3) is 0.333. The third-order valence-electron chi connectivity index (χ3n) is 8.08. The number of phenols is 1. The molecule has 1 saturated heterocycles. The zero-order chi connectivity index (χ0) is 31.1. The van der Waals surface area contributed by atoms with Gasteiger partial charge in [0, 0.05) is 24.4 Å². The predicted molar refractivity (Wildman–Crippen MR) is 147 cm³/mol. The SMILES string of the molecule is O=C(O)c1ccc(N(Cc2ccc(C3CCCCC3)cc2)C(=O)[C@H]2CCN2S(=O)(=O)c2c(F)c(F)cc(F)c2F)cc1O. The van der Waals surface area contributed by atoms with Crippen molar-refractivity contribution in [2.75, 3.05) is 11.4 Å². The number of benzene rings is 3. The molecule has 2 N–H and O–H groups in total. The Bertz CT molecular complexity index is 1650. The molecule has 1 atom stereocenters. The fourth-order valence-corrected chi connectivity index (χ4v) is 7.41. The maximum Gasteiger partial charge on any atom is 0.339 e. The summed E-state index contributed by atoms with van der Waals surface area (Å²) in [4.78, 5) is 24.5. The van der Waals surface area contributed by atoms with Crippen LogP contribution >= 0.6 is 0 Å². The summed E-state index contributed by atoms with van der Waals surface area (Å²) in [6.45, 7) is -0.486. The first-order valence-electron chi connectivity index (χ1n) is 13.7. The molecule has 2 aliphatic rings. The van der Waals surface area contributed by atoms with E-state index in [9.17, 15) is 45.8 Å². The first-order valence-corrected chi connectivity index (χ1v) is 15.2. The lowest BCUT2D eigenvalue weighted by Gasteiger charge is -2.41. The Balaban J connectivity index is 1.48. The minimum atomic E-state index is -5.21. The molecule has 5 rings (SSSR count). The Hall–Kier alpha value is -3.97. The predicted octanol–water partition coefficient (Wildman–Crippen LogP) is 5.69. The summed E-state index contributed by atoms with van der Waals surface area (Å²) in [7, 11) is -5.21. The topological polar surface area (TPSA) is 115 Å². The molecule has 1 saturated carbocycles. The van der Waals surface area contributed by atoms with E-state index in [2.05, 4.69) is 0 Å². The van der Waals surface area contributed by atoms with Gasteiger partial charge in [-0.2, -0.15) is 4.31 Å². The summed E-state index contributed by atoms with van der Waals surface area (Å²) < 4.78 is 83.5. The van der Waals surface area contributed by atoms with Gasteiger partial charge in [0.1, 0.15) is 17.4 Å². The van der Waals surface area contributed by atoms with Crippen molar-refractivity contribution in [2.24, 2.45) is 0 Å². The first-order chi connectivity index (χ1) is 20.4. The quantitative estimate of drug-likeness (QED) is 0.247. The number of nitrogens with zero attached hydrogens (tertiary/aromatic N) is 2. The van der Waals surface area contributed by atoms with E-state index in [1.807, 2.05) is 24.3 Å². The van der Waals surface area contributed by atoms with Crippen LogP contribution in [-0.4, -0.2) is 47.4 Å². The van der Waals surface area contributed by atoms with E-state index < -0.39 is 67.4 Å². The van der Waals surface area contributed by atoms with Crippen LogP contribution in [0.4, 0.5) is 23.2 Å². The summed E-state index contributed by atoms with van der Waals surface area (Å²) in [6.07, 6.45) is 5.54. The standard InChI is InChI=1S/C30H28F4N2O6S/c31-22-15-23(32)27(34)28(26(22)33)43(41,42)36-13-12-24(36)29(38)35(20-10-11-21(30(39)40)25(37)14-20)16-17-6-8-19(9-7-17)18-4-2-1-3-5-18/h6-11,14-15,18,24,37H,1-5,12-13,16H2,(H,39,40)/t24-/m1/s1. The molecule has 0 spiro atoms. The van der Waals surface area contributed by atoms with Gasteiger partial charge in [-0.25, -0.2) is 30.8 Å². The maximum atomic E-state index is 14.5. The van der Waals surface area contributed by atoms with Gasteiger partial charge in [-0.15, -0.1) is 0 Å². The number of halogens is 4. The molecule has 13 heteroatoms. The largest absolute Gasteiger partial charge is 0.507 e. The van der Waals surface area contributed by atoms with Crippen LogP contribution < -0.4 is 4.90 Å². The number of aromatic hydroxyl groups is 1. The molecule has 3 aromatic rings. The second kappa shape index (κ2) is 12.0. The smallest absolute Gasteiger partial charge is 0.339 e. The Labute approximate surface area is 245 Å². The molecule has 1 heterocycles. The maximum absolute atomic E-state index is 14.5. The number of aromatic carboxylic acids is 1. The van der Waals surface area contributed by atoms with Gasteiger partial charge in [0.15, 0.2) is 28.2 Å². The van der Waals surface area contributed by atoms with Crippen molar-refractivity contribution in [3.05, 3.63) is 88.5 Å². The third kappa shape index (κ3) is 5.83. The summed E-state index contributed by atoms with van der Waals surface area (Å²) in [5.41, 5.74) is 1.38. The Morgan fingerprint density at radius 1 is 0.884 bits per heavy atom. The van der Waals surface area contributed by atoms with Gasteiger partial charge in [-0.05, 0) is 48.4 Å². The van der Waals surface area contributed by atoms with Crippen LogP contribution in [0.2, 0.25) is 0 Å². The number of rotatable bonds is 8. The third-order valence-corrected chi connectivity index (χ3v) is 10.0. The van der Waals surface area contributed by atoms with Crippen molar-refractivity contribution in [3.8, 4) is 5.75 Å². The second-order valence-electron chi connectivity index (χ2n) is 10.7. The van der Waals surface area contributed by atoms with Crippen LogP contribution in [0.5, 0.6) is 5.75 Å². The minimum absolute atomic E-state index is 0.0299. The van der Waals surface area contributed by atoms with Gasteiger partial charge in [-0.1, -0.05) is 43.5 Å². The van der Waals surface area contributed by atoms with Crippen LogP contribution in [0, 0.1) is 23.3 Å². The molecular weight excluding hydrogens is 592 g/mol. The highest BCUT2D eigenvalue weighted by Gasteiger charge is 2.47. The molecule has 0 unspecified atom stereocenters. The number of anilines is 1. The van der Waals surface area contributed by atoms with Crippen molar-refractivity contribution in [2.45, 2.75) is 61.9 Å². The normalized spacial score (nSPS) is 17.8. The molecule has 1 aliphatic heterocycles. The number of carboxylic acids is 1. The van der Waals surface area contributed by atoms with Crippen molar-refractivity contribution in [1.82, 2.24) is 4.31 Å². The van der Waals surface area contributed by atoms with Crippen LogP contribution in [0.15, 0.2) is 53.4 Å². The highest BCUT2D eigenvalue weighted by molar-refractivity contribution is 7.89. The second-order valence-corrected chi connectivity index (χ2v) is 12.6. The van der Waals surface area contributed by atoms with E-state index in [1.165, 1.54) is 12.5 Å². The van der Waals surface area contributed by atoms with Gasteiger partial charge in [0.25, 0.3) is 0 Å². The number of hydrogen-bond acceptors (Lipinski definition) is 5. The fourth-order valence-electron chi connectivity index (χ4n) is 5.65. The molecular formula is C30H28F4N2O6S. The van der Waals surface area contributed by atoms with Crippen molar-refractivity contribution < 1.29 is 45.8 Å². The highest BCUT2D eigenvalue weighted by Crippen LogP contribution is 2.36. The van der Waals surface area contributed by atoms with E-state index in [1.54, 1.807) is 0 Å². The van der Waals surface area contributed by atoms with Crippen LogP contribution in [0.3, 0.4) is 0 Å². The summed E-state index contributed by atoms with van der Waals surface area (Å²) in [5.74, 6) is -10.5. The van der Waals surface area contributed by atoms with Gasteiger partial charge in [-0.3, -0.25) is 4.79 Å². The zero-order valence-electron chi connectivity index (χ0n) is 22.8. The van der Waals surface area contributed by atoms with Crippen LogP contribution in [0.25, 0.3) is 0 Å². The first kappa shape index (κ1) is 30.5. The average molecular weight is 621 g/mol. The lowest BCUT2D eigenvalue weighted by Crippen LogP contribution is -2.59. The number of sulfonamides is 1. The van der Waals surface area contributed by atoms with Gasteiger partial charge in [0.2, 0.25) is 15.9 Å². The number of amides is 1. The van der Waals surface area contributed by atoms with Crippen molar-refractivity contribution in [3.63, 3.8) is 0 Å². The molecule has 0 bridgehead atoms. The van der Waals surface area contributed by atoms with Gasteiger partial charge in [0.05, 0.1) is 6.54 Å². The van der Waals surface area contributed by atoms with Crippen LogP contribution in [0.1, 0.15) is 65.9 Å². The van der Waals surface area contributed by atoms with Gasteiger partial charge < -0.3 is 15.1 Å². The molecule has 1 aliphatic carbocycles. The molecule has 1 amide bonds. The summed E-state index contributed by atoms with van der Waals surface area (Å²) in [6, 6.07) is 9.28. The molecule has 2 fully saturated rings. The number of carboxylic acid groups (broad SMARTS) is 1.